The summed E-state index contributed by atoms with van der Waals surface area (Å²) in [6, 6.07) is 5.78. The first-order valence-corrected chi connectivity index (χ1v) is 10.6. The molecule has 1 fully saturated rings. The fourth-order valence-electron chi connectivity index (χ4n) is 4.09. The van der Waals surface area contributed by atoms with Crippen LogP contribution in [-0.4, -0.2) is 40.2 Å². The van der Waals surface area contributed by atoms with E-state index in [1.807, 2.05) is 4.90 Å². The fourth-order valence-corrected chi connectivity index (χ4v) is 4.09. The van der Waals surface area contributed by atoms with Gasteiger partial charge in [-0.3, -0.25) is 0 Å². The molecule has 1 saturated heterocycles. The number of hydrogen-bond donors (Lipinski definition) is 3. The lowest BCUT2D eigenvalue weighted by molar-refractivity contribution is -0.139. The number of nitrogen functional groups attached to an aromatic ring is 1. The molecule has 0 spiro atoms. The van der Waals surface area contributed by atoms with Crippen LogP contribution in [0.25, 0.3) is 0 Å². The van der Waals surface area contributed by atoms with Crippen molar-refractivity contribution >= 4 is 11.6 Å². The second-order valence-electron chi connectivity index (χ2n) is 8.48. The van der Waals surface area contributed by atoms with Crippen molar-refractivity contribution in [3.8, 4) is 0 Å². The van der Waals surface area contributed by atoms with Gasteiger partial charge in [-0.2, -0.15) is 13.2 Å². The molecule has 0 radical (unpaired) electrons. The first-order valence-electron chi connectivity index (χ1n) is 10.6. The van der Waals surface area contributed by atoms with Gasteiger partial charge in [-0.25, -0.2) is 9.97 Å². The van der Waals surface area contributed by atoms with Gasteiger partial charge in [-0.15, -0.1) is 0 Å². The number of pyridine rings is 2. The lowest BCUT2D eigenvalue weighted by Gasteiger charge is -2.40. The van der Waals surface area contributed by atoms with Crippen LogP contribution in [0.15, 0.2) is 30.5 Å². The number of aromatic nitrogens is 2. The molecule has 3 heterocycles. The Morgan fingerprint density at radius 1 is 1.23 bits per heavy atom. The predicted octanol–water partition coefficient (Wildman–Crippen LogP) is 3.76. The average Bonchev–Trinajstić information content (AvgIpc) is 2.71. The van der Waals surface area contributed by atoms with Crippen LogP contribution in [0.3, 0.4) is 0 Å². The molecule has 0 aliphatic carbocycles. The summed E-state index contributed by atoms with van der Waals surface area (Å²) < 4.78 is 41.1. The lowest BCUT2D eigenvalue weighted by atomic mass is 9.98. The van der Waals surface area contributed by atoms with Crippen LogP contribution in [0.1, 0.15) is 56.5 Å². The summed E-state index contributed by atoms with van der Waals surface area (Å²) in [5.74, 6) is 0.875. The molecule has 2 aromatic heterocycles. The number of aliphatic hydroxyl groups excluding tert-OH is 1. The first kappa shape index (κ1) is 23.3. The zero-order chi connectivity index (χ0) is 22.8. The topological polar surface area (TPSA) is 87.3 Å². The largest absolute Gasteiger partial charge is 0.418 e. The molecule has 2 aromatic rings. The maximum absolute atomic E-state index is 13.7. The summed E-state index contributed by atoms with van der Waals surface area (Å²) in [5.41, 5.74) is 4.46. The molecule has 4 N–H and O–H groups in total. The van der Waals surface area contributed by atoms with E-state index < -0.39 is 23.5 Å². The number of nitrogens with one attached hydrogen (secondary N) is 1. The van der Waals surface area contributed by atoms with E-state index >= 15 is 0 Å². The van der Waals surface area contributed by atoms with Crippen molar-refractivity contribution in [2.45, 2.75) is 58.0 Å². The number of rotatable bonds is 6. The first-order chi connectivity index (χ1) is 14.6. The lowest BCUT2D eigenvalue weighted by Crippen LogP contribution is -2.57. The van der Waals surface area contributed by atoms with Crippen LogP contribution in [0.5, 0.6) is 0 Å². The van der Waals surface area contributed by atoms with Crippen LogP contribution in [0.2, 0.25) is 0 Å². The van der Waals surface area contributed by atoms with Gasteiger partial charge >= 0.3 is 6.18 Å². The molecule has 3 atom stereocenters. The van der Waals surface area contributed by atoms with Crippen LogP contribution in [0, 0.1) is 5.92 Å². The van der Waals surface area contributed by atoms with Crippen molar-refractivity contribution in [2.24, 2.45) is 5.92 Å². The monoisotopic (exact) mass is 437 g/mol. The Morgan fingerprint density at radius 2 is 1.94 bits per heavy atom. The van der Waals surface area contributed by atoms with Crippen molar-refractivity contribution in [1.82, 2.24) is 15.3 Å². The predicted molar refractivity (Wildman–Crippen MR) is 115 cm³/mol. The number of nitrogens with zero attached hydrogens (tertiary/aromatic N) is 3. The van der Waals surface area contributed by atoms with E-state index in [0.717, 1.165) is 18.9 Å². The summed E-state index contributed by atoms with van der Waals surface area (Å²) in [4.78, 5) is 10.2. The molecule has 9 heteroatoms. The fraction of sp³-hybridized carbons (Fsp3) is 0.545. The molecule has 3 rings (SSSR count). The molecule has 6 nitrogen and oxygen atoms in total. The number of alkyl halides is 3. The Bertz CT molecular complexity index is 890. The van der Waals surface area contributed by atoms with E-state index in [1.165, 1.54) is 24.4 Å². The number of anilines is 2. The Morgan fingerprint density at radius 3 is 2.55 bits per heavy atom. The van der Waals surface area contributed by atoms with Gasteiger partial charge in [0.25, 0.3) is 0 Å². The highest BCUT2D eigenvalue weighted by molar-refractivity contribution is 5.49. The number of hydrogen-bond acceptors (Lipinski definition) is 6. The highest BCUT2D eigenvalue weighted by atomic mass is 19.4. The quantitative estimate of drug-likeness (QED) is 0.638. The SMILES string of the molecule is CC[C@@H]1CN(c2ccc(C(F)(F)F)c(C(O)c3cccnc3N)n2)C[C@H](CC(C)C)N1. The second kappa shape index (κ2) is 9.40. The van der Waals surface area contributed by atoms with Gasteiger partial charge < -0.3 is 21.1 Å². The summed E-state index contributed by atoms with van der Waals surface area (Å²) in [7, 11) is 0. The molecule has 1 aliphatic heterocycles. The average molecular weight is 438 g/mol. The Balaban J connectivity index is 2.00. The molecule has 0 bridgehead atoms. The molecule has 0 aromatic carbocycles. The van der Waals surface area contributed by atoms with E-state index in [9.17, 15) is 18.3 Å². The smallest absolute Gasteiger partial charge is 0.383 e. The summed E-state index contributed by atoms with van der Waals surface area (Å²) in [6.07, 6.45) is -3.03. The van der Waals surface area contributed by atoms with E-state index in [2.05, 4.69) is 36.1 Å². The van der Waals surface area contributed by atoms with Gasteiger partial charge in [0, 0.05) is 36.9 Å². The normalized spacial score (nSPS) is 20.8. The van der Waals surface area contributed by atoms with Crippen LogP contribution < -0.4 is 16.0 Å². The molecule has 31 heavy (non-hydrogen) atoms. The van der Waals surface area contributed by atoms with E-state index in [-0.39, 0.29) is 23.5 Å². The number of piperazine rings is 1. The van der Waals surface area contributed by atoms with Gasteiger partial charge in [0.2, 0.25) is 0 Å². The van der Waals surface area contributed by atoms with Gasteiger partial charge in [-0.1, -0.05) is 26.8 Å². The molecule has 1 aliphatic rings. The summed E-state index contributed by atoms with van der Waals surface area (Å²) in [5, 5.41) is 14.4. The Hall–Kier alpha value is -2.39. The van der Waals surface area contributed by atoms with Crippen molar-refractivity contribution in [1.29, 1.82) is 0 Å². The summed E-state index contributed by atoms with van der Waals surface area (Å²) in [6.45, 7) is 7.63. The van der Waals surface area contributed by atoms with Crippen molar-refractivity contribution < 1.29 is 18.3 Å². The van der Waals surface area contributed by atoms with Crippen molar-refractivity contribution in [3.05, 3.63) is 47.3 Å². The number of nitrogens with two attached hydrogens (primary N) is 1. The van der Waals surface area contributed by atoms with Gasteiger partial charge in [0.1, 0.15) is 17.7 Å². The van der Waals surface area contributed by atoms with Gasteiger partial charge in [0.15, 0.2) is 0 Å². The maximum Gasteiger partial charge on any atom is 0.418 e. The Labute approximate surface area is 180 Å². The molecular weight excluding hydrogens is 407 g/mol. The molecule has 0 amide bonds. The minimum absolute atomic E-state index is 0.0273. The van der Waals surface area contributed by atoms with E-state index in [0.29, 0.717) is 24.8 Å². The number of aliphatic hydroxyl groups is 1. The standard InChI is InChI=1S/C22H30F3N5O/c1-4-14-11-30(12-15(28-14)10-13(2)3)18-8-7-17(22(23,24)25)19(29-18)20(31)16-6-5-9-27-21(16)26/h5-9,13-15,20,28,31H,4,10-12H2,1-3H3,(H2,26,27)/t14-,15+,20?/m1/s1. The van der Waals surface area contributed by atoms with Crippen LogP contribution in [-0.2, 0) is 6.18 Å². The van der Waals surface area contributed by atoms with Crippen molar-refractivity contribution in [2.75, 3.05) is 23.7 Å². The number of halogens is 3. The molecular formula is C22H30F3N5O. The molecule has 0 saturated carbocycles. The molecule has 1 unspecified atom stereocenters. The maximum atomic E-state index is 13.7. The zero-order valence-electron chi connectivity index (χ0n) is 18.0. The minimum atomic E-state index is -4.66. The third-order valence-electron chi connectivity index (χ3n) is 5.57. The van der Waals surface area contributed by atoms with Crippen molar-refractivity contribution in [3.63, 3.8) is 0 Å². The van der Waals surface area contributed by atoms with Crippen LogP contribution in [0.4, 0.5) is 24.8 Å². The zero-order valence-corrected chi connectivity index (χ0v) is 18.0. The summed E-state index contributed by atoms with van der Waals surface area (Å²) >= 11 is 0. The molecule has 170 valence electrons. The van der Waals surface area contributed by atoms with Gasteiger partial charge in [0.05, 0.1) is 11.3 Å². The third-order valence-corrected chi connectivity index (χ3v) is 5.57. The van der Waals surface area contributed by atoms with Crippen LogP contribution >= 0.6 is 0 Å². The van der Waals surface area contributed by atoms with E-state index in [1.54, 1.807) is 0 Å². The Kier molecular flexibility index (Phi) is 7.06. The van der Waals surface area contributed by atoms with E-state index in [4.69, 9.17) is 5.73 Å². The highest BCUT2D eigenvalue weighted by Crippen LogP contribution is 2.38. The second-order valence-corrected chi connectivity index (χ2v) is 8.48. The minimum Gasteiger partial charge on any atom is -0.383 e. The third kappa shape index (κ3) is 5.46. The highest BCUT2D eigenvalue weighted by Gasteiger charge is 2.38. The van der Waals surface area contributed by atoms with Gasteiger partial charge in [-0.05, 0) is 37.0 Å².